The Kier molecular flexibility index (Phi) is 8.93. The van der Waals surface area contributed by atoms with Gasteiger partial charge in [-0.25, -0.2) is 9.59 Å². The summed E-state index contributed by atoms with van der Waals surface area (Å²) in [4.78, 5) is 22.5. The molecule has 0 aliphatic carbocycles. The first-order valence-corrected chi connectivity index (χ1v) is 7.26. The molecule has 0 bridgehead atoms. The van der Waals surface area contributed by atoms with E-state index in [0.29, 0.717) is 11.8 Å². The predicted octanol–water partition coefficient (Wildman–Crippen LogP) is 3.50. The van der Waals surface area contributed by atoms with Crippen LogP contribution < -0.4 is 0 Å². The molecule has 0 aliphatic heterocycles. The molecule has 0 heterocycles. The molecular formula is C16H28O4. The zero-order chi connectivity index (χ0) is 15.7. The average Bonchev–Trinajstić information content (AvgIpc) is 2.26. The summed E-state index contributed by atoms with van der Waals surface area (Å²) in [5.41, 5.74) is 1.22. The molecule has 0 aromatic rings. The van der Waals surface area contributed by atoms with Crippen LogP contribution in [-0.4, -0.2) is 24.6 Å². The third kappa shape index (κ3) is 9.59. The molecule has 4 nitrogen and oxygen atoms in total. The number of hydrogen-bond acceptors (Lipinski definition) is 4. The lowest BCUT2D eigenvalue weighted by Crippen LogP contribution is -2.24. The summed E-state index contributed by atoms with van der Waals surface area (Å²) in [6, 6.07) is 0. The van der Waals surface area contributed by atoms with E-state index in [4.69, 9.17) is 9.47 Å². The van der Waals surface area contributed by atoms with Gasteiger partial charge in [-0.15, -0.1) is 0 Å². The predicted molar refractivity (Wildman–Crippen MR) is 79.2 cm³/mol. The summed E-state index contributed by atoms with van der Waals surface area (Å²) >= 11 is 0. The Morgan fingerprint density at radius 1 is 1.00 bits per heavy atom. The number of carbonyl (C=O) groups excluding carboxylic acids is 2. The molecule has 0 saturated carbocycles. The summed E-state index contributed by atoms with van der Waals surface area (Å²) in [7, 11) is 0. The monoisotopic (exact) mass is 284 g/mol. The van der Waals surface area contributed by atoms with Gasteiger partial charge in [-0.1, -0.05) is 32.9 Å². The Bertz CT molecular complexity index is 331. The number of rotatable bonds is 8. The normalized spacial score (nSPS) is 12.3. The van der Waals surface area contributed by atoms with Crippen LogP contribution in [0.4, 0.5) is 0 Å². The van der Waals surface area contributed by atoms with Crippen molar-refractivity contribution in [2.24, 2.45) is 11.8 Å². The molecule has 0 aromatic carbocycles. The van der Waals surface area contributed by atoms with Gasteiger partial charge < -0.3 is 9.47 Å². The first kappa shape index (κ1) is 18.7. The number of carbonyl (C=O) groups is 2. The molecule has 4 heteroatoms. The minimum atomic E-state index is -0.920. The summed E-state index contributed by atoms with van der Waals surface area (Å²) in [6.07, 6.45) is 2.35. The fraction of sp³-hybridized carbons (Fsp3) is 0.750. The Morgan fingerprint density at radius 3 is 2.10 bits per heavy atom. The summed E-state index contributed by atoms with van der Waals surface area (Å²) in [6.45, 7) is 14.1. The Hall–Kier alpha value is -1.32. The second kappa shape index (κ2) is 9.56. The zero-order valence-corrected chi connectivity index (χ0v) is 13.4. The molecule has 0 amide bonds. The minimum Gasteiger partial charge on any atom is -0.457 e. The van der Waals surface area contributed by atoms with E-state index in [2.05, 4.69) is 27.4 Å². The van der Waals surface area contributed by atoms with Crippen molar-refractivity contribution in [3.63, 3.8) is 0 Å². The largest absolute Gasteiger partial charge is 0.457 e. The lowest BCUT2D eigenvalue weighted by molar-refractivity contribution is -0.170. The molecule has 20 heavy (non-hydrogen) atoms. The van der Waals surface area contributed by atoms with E-state index < -0.39 is 11.9 Å². The van der Waals surface area contributed by atoms with Crippen molar-refractivity contribution in [1.29, 1.82) is 0 Å². The molecule has 0 aromatic heterocycles. The van der Waals surface area contributed by atoms with Crippen LogP contribution in [0.1, 0.15) is 53.9 Å². The Morgan fingerprint density at radius 2 is 1.60 bits per heavy atom. The number of ether oxygens (including phenoxy) is 2. The van der Waals surface area contributed by atoms with E-state index in [-0.39, 0.29) is 12.7 Å². The van der Waals surface area contributed by atoms with E-state index in [0.717, 1.165) is 19.3 Å². The third-order valence-corrected chi connectivity index (χ3v) is 2.69. The van der Waals surface area contributed by atoms with Gasteiger partial charge in [0.1, 0.15) is 0 Å². The van der Waals surface area contributed by atoms with Crippen molar-refractivity contribution in [3.8, 4) is 0 Å². The van der Waals surface area contributed by atoms with Crippen LogP contribution in [0.25, 0.3) is 0 Å². The fourth-order valence-electron chi connectivity index (χ4n) is 1.93. The van der Waals surface area contributed by atoms with E-state index in [9.17, 15) is 9.59 Å². The molecule has 0 spiro atoms. The lowest BCUT2D eigenvalue weighted by Gasteiger charge is -2.15. The molecular weight excluding hydrogens is 256 g/mol. The highest BCUT2D eigenvalue weighted by atomic mass is 16.6. The Balaban J connectivity index is 3.86. The van der Waals surface area contributed by atoms with Gasteiger partial charge in [0.2, 0.25) is 0 Å². The molecule has 116 valence electrons. The van der Waals surface area contributed by atoms with Gasteiger partial charge in [0.15, 0.2) is 0 Å². The summed E-state index contributed by atoms with van der Waals surface area (Å²) < 4.78 is 9.65. The molecule has 1 unspecified atom stereocenters. The van der Waals surface area contributed by atoms with Gasteiger partial charge in [0, 0.05) is 0 Å². The molecule has 0 radical (unpaired) electrons. The van der Waals surface area contributed by atoms with Gasteiger partial charge >= 0.3 is 11.9 Å². The molecule has 0 N–H and O–H groups in total. The van der Waals surface area contributed by atoms with E-state index in [1.54, 1.807) is 13.8 Å². The number of esters is 2. The van der Waals surface area contributed by atoms with Crippen molar-refractivity contribution in [2.45, 2.75) is 60.0 Å². The van der Waals surface area contributed by atoms with E-state index >= 15 is 0 Å². The SMILES string of the molecule is C=C(CC(C)C)CC(C)CCOC(=O)C(=O)OC(C)C. The van der Waals surface area contributed by atoms with Crippen LogP contribution in [0, 0.1) is 11.8 Å². The maximum Gasteiger partial charge on any atom is 0.417 e. The topological polar surface area (TPSA) is 52.6 Å². The van der Waals surface area contributed by atoms with Gasteiger partial charge in [0.25, 0.3) is 0 Å². The van der Waals surface area contributed by atoms with Gasteiger partial charge in [-0.3, -0.25) is 0 Å². The van der Waals surface area contributed by atoms with Gasteiger partial charge in [0.05, 0.1) is 12.7 Å². The second-order valence-electron chi connectivity index (χ2n) is 6.04. The smallest absolute Gasteiger partial charge is 0.417 e. The maximum absolute atomic E-state index is 11.3. The summed E-state index contributed by atoms with van der Waals surface area (Å²) in [5.74, 6) is -0.836. The highest BCUT2D eigenvalue weighted by Crippen LogP contribution is 2.19. The standard InChI is InChI=1S/C16H28O4/c1-11(2)9-14(6)10-13(5)7-8-19-15(17)16(18)20-12(3)4/h11-13H,6-10H2,1-5H3. The van der Waals surface area contributed by atoms with Gasteiger partial charge in [-0.05, 0) is 44.9 Å². The van der Waals surface area contributed by atoms with Crippen molar-refractivity contribution >= 4 is 11.9 Å². The maximum atomic E-state index is 11.3. The molecule has 0 rings (SSSR count). The third-order valence-electron chi connectivity index (χ3n) is 2.69. The molecule has 0 saturated heterocycles. The highest BCUT2D eigenvalue weighted by Gasteiger charge is 2.18. The van der Waals surface area contributed by atoms with E-state index in [1.807, 2.05) is 0 Å². The van der Waals surface area contributed by atoms with Gasteiger partial charge in [-0.2, -0.15) is 0 Å². The molecule has 0 fully saturated rings. The van der Waals surface area contributed by atoms with Crippen molar-refractivity contribution in [2.75, 3.05) is 6.61 Å². The zero-order valence-electron chi connectivity index (χ0n) is 13.4. The van der Waals surface area contributed by atoms with Crippen LogP contribution in [-0.2, 0) is 19.1 Å². The molecule has 0 aliphatic rings. The molecule has 1 atom stereocenters. The number of hydrogen-bond donors (Lipinski definition) is 0. The van der Waals surface area contributed by atoms with Crippen LogP contribution in [0.5, 0.6) is 0 Å². The minimum absolute atomic E-state index is 0.238. The van der Waals surface area contributed by atoms with Crippen LogP contribution in [0.3, 0.4) is 0 Å². The quantitative estimate of drug-likeness (QED) is 0.389. The van der Waals surface area contributed by atoms with Crippen molar-refractivity contribution in [3.05, 3.63) is 12.2 Å². The van der Waals surface area contributed by atoms with E-state index in [1.165, 1.54) is 5.57 Å². The van der Waals surface area contributed by atoms with Crippen LogP contribution >= 0.6 is 0 Å². The fourth-order valence-corrected chi connectivity index (χ4v) is 1.93. The first-order valence-electron chi connectivity index (χ1n) is 7.26. The highest BCUT2D eigenvalue weighted by molar-refractivity contribution is 6.29. The Labute approximate surface area is 122 Å². The van der Waals surface area contributed by atoms with Crippen LogP contribution in [0.15, 0.2) is 12.2 Å². The van der Waals surface area contributed by atoms with Crippen molar-refractivity contribution in [1.82, 2.24) is 0 Å². The number of allylic oxidation sites excluding steroid dienone is 1. The van der Waals surface area contributed by atoms with Crippen molar-refractivity contribution < 1.29 is 19.1 Å². The average molecular weight is 284 g/mol. The van der Waals surface area contributed by atoms with Crippen LogP contribution in [0.2, 0.25) is 0 Å². The second-order valence-corrected chi connectivity index (χ2v) is 6.04. The first-order chi connectivity index (χ1) is 9.22. The lowest BCUT2D eigenvalue weighted by atomic mass is 9.94. The summed E-state index contributed by atoms with van der Waals surface area (Å²) in [5, 5.41) is 0.